The number of hydrogen-bond acceptors (Lipinski definition) is 4. The van der Waals surface area contributed by atoms with Crippen LogP contribution in [0.1, 0.15) is 33.6 Å². The predicted molar refractivity (Wildman–Crippen MR) is 119 cm³/mol. The summed E-state index contributed by atoms with van der Waals surface area (Å²) in [4.78, 5) is 28.2. The van der Waals surface area contributed by atoms with Crippen LogP contribution in [0, 0.1) is 0 Å². The zero-order chi connectivity index (χ0) is 20.6. The third-order valence-electron chi connectivity index (χ3n) is 5.16. The number of nitrogens with one attached hydrogen (secondary N) is 1. The molecule has 0 aliphatic carbocycles. The van der Waals surface area contributed by atoms with E-state index in [2.05, 4.69) is 31.0 Å². The number of anilines is 1. The van der Waals surface area contributed by atoms with Crippen molar-refractivity contribution in [2.24, 2.45) is 5.73 Å². The number of hydrogen-bond donors (Lipinski definition) is 2. The van der Waals surface area contributed by atoms with Crippen molar-refractivity contribution in [2.45, 2.75) is 12.8 Å². The van der Waals surface area contributed by atoms with Gasteiger partial charge in [0.25, 0.3) is 5.91 Å². The molecule has 154 valence electrons. The molecule has 29 heavy (non-hydrogen) atoms. The topological polar surface area (TPSA) is 78.7 Å². The van der Waals surface area contributed by atoms with Crippen molar-refractivity contribution in [3.05, 3.63) is 64.1 Å². The van der Waals surface area contributed by atoms with Crippen LogP contribution in [-0.2, 0) is 0 Å². The molecule has 1 saturated heterocycles. The fraction of sp³-hybridized carbons (Fsp3) is 0.364. The Morgan fingerprint density at radius 2 is 1.69 bits per heavy atom. The fourth-order valence-corrected chi connectivity index (χ4v) is 3.72. The Labute approximate surface area is 180 Å². The molecular formula is C22H27BrN4O2. The van der Waals surface area contributed by atoms with E-state index in [-0.39, 0.29) is 5.91 Å². The Kier molecular flexibility index (Phi) is 7.66. The molecule has 6 nitrogen and oxygen atoms in total. The summed E-state index contributed by atoms with van der Waals surface area (Å²) in [5.74, 6) is -0.415. The van der Waals surface area contributed by atoms with Crippen LogP contribution in [0.15, 0.2) is 53.0 Å². The largest absolute Gasteiger partial charge is 0.369 e. The molecule has 3 N–H and O–H groups in total. The highest BCUT2D eigenvalue weighted by atomic mass is 79.9. The molecule has 3 rings (SSSR count). The second-order valence-electron chi connectivity index (χ2n) is 7.21. The van der Waals surface area contributed by atoms with E-state index in [0.717, 1.165) is 55.7 Å². The van der Waals surface area contributed by atoms with Crippen LogP contribution in [0.4, 0.5) is 5.69 Å². The minimum absolute atomic E-state index is 0.0238. The number of carbonyl (C=O) groups excluding carboxylic acids is 2. The summed E-state index contributed by atoms with van der Waals surface area (Å²) < 4.78 is 0.967. The maximum atomic E-state index is 12.1. The van der Waals surface area contributed by atoms with Gasteiger partial charge in [-0.1, -0.05) is 22.0 Å². The number of primary amides is 1. The Morgan fingerprint density at radius 3 is 2.38 bits per heavy atom. The second kappa shape index (κ2) is 10.4. The van der Waals surface area contributed by atoms with E-state index in [1.807, 2.05) is 42.5 Å². The molecule has 1 fully saturated rings. The van der Waals surface area contributed by atoms with E-state index in [9.17, 15) is 9.59 Å². The number of benzene rings is 2. The molecule has 0 spiro atoms. The predicted octanol–water partition coefficient (Wildman–Crippen LogP) is 2.88. The lowest BCUT2D eigenvalue weighted by Crippen LogP contribution is -2.46. The van der Waals surface area contributed by atoms with Gasteiger partial charge in [-0.2, -0.15) is 0 Å². The van der Waals surface area contributed by atoms with Crippen molar-refractivity contribution < 1.29 is 9.59 Å². The normalized spacial score (nSPS) is 14.6. The van der Waals surface area contributed by atoms with Crippen LogP contribution < -0.4 is 16.0 Å². The van der Waals surface area contributed by atoms with Gasteiger partial charge in [0.15, 0.2) is 0 Å². The Balaban J connectivity index is 1.33. The Hall–Kier alpha value is -2.38. The van der Waals surface area contributed by atoms with E-state index >= 15 is 0 Å². The van der Waals surface area contributed by atoms with Gasteiger partial charge < -0.3 is 16.0 Å². The van der Waals surface area contributed by atoms with Gasteiger partial charge in [-0.3, -0.25) is 14.5 Å². The highest BCUT2D eigenvalue weighted by molar-refractivity contribution is 9.10. The molecule has 0 radical (unpaired) electrons. The molecule has 7 heteroatoms. The summed E-state index contributed by atoms with van der Waals surface area (Å²) in [6, 6.07) is 14.9. The number of rotatable bonds is 8. The molecule has 0 bridgehead atoms. The minimum Gasteiger partial charge on any atom is -0.369 e. The van der Waals surface area contributed by atoms with Crippen LogP contribution in [-0.4, -0.2) is 56.0 Å². The number of unbranched alkanes of at least 4 members (excludes halogenated alkanes) is 1. The van der Waals surface area contributed by atoms with Gasteiger partial charge in [0.1, 0.15) is 0 Å². The molecule has 0 saturated carbocycles. The van der Waals surface area contributed by atoms with Crippen molar-refractivity contribution >= 4 is 33.4 Å². The van der Waals surface area contributed by atoms with Gasteiger partial charge in [0.2, 0.25) is 5.91 Å². The summed E-state index contributed by atoms with van der Waals surface area (Å²) in [6.45, 7) is 5.57. The fourth-order valence-electron chi connectivity index (χ4n) is 3.45. The first-order valence-corrected chi connectivity index (χ1v) is 10.7. The molecule has 2 aromatic rings. The van der Waals surface area contributed by atoms with Crippen molar-refractivity contribution in [3.8, 4) is 0 Å². The van der Waals surface area contributed by atoms with Gasteiger partial charge in [-0.25, -0.2) is 0 Å². The summed E-state index contributed by atoms with van der Waals surface area (Å²) in [6.07, 6.45) is 2.01. The lowest BCUT2D eigenvalue weighted by molar-refractivity contribution is 0.0951. The van der Waals surface area contributed by atoms with Crippen molar-refractivity contribution in [3.63, 3.8) is 0 Å². The lowest BCUT2D eigenvalue weighted by atomic mass is 10.1. The summed E-state index contributed by atoms with van der Waals surface area (Å²) in [5.41, 5.74) is 7.67. The van der Waals surface area contributed by atoms with Crippen LogP contribution in [0.2, 0.25) is 0 Å². The molecule has 1 aliphatic heterocycles. The van der Waals surface area contributed by atoms with Gasteiger partial charge in [0, 0.05) is 54.0 Å². The van der Waals surface area contributed by atoms with Gasteiger partial charge in [-0.15, -0.1) is 0 Å². The van der Waals surface area contributed by atoms with Crippen LogP contribution in [0.3, 0.4) is 0 Å². The first-order valence-electron chi connectivity index (χ1n) is 9.94. The van der Waals surface area contributed by atoms with E-state index in [1.54, 1.807) is 6.07 Å². The second-order valence-corrected chi connectivity index (χ2v) is 8.13. The molecule has 1 aliphatic rings. The lowest BCUT2D eigenvalue weighted by Gasteiger charge is -2.36. The average Bonchev–Trinajstić information content (AvgIpc) is 2.74. The van der Waals surface area contributed by atoms with E-state index in [1.165, 1.54) is 0 Å². The maximum Gasteiger partial charge on any atom is 0.251 e. The van der Waals surface area contributed by atoms with Crippen LogP contribution >= 0.6 is 15.9 Å². The van der Waals surface area contributed by atoms with Crippen molar-refractivity contribution in [2.75, 3.05) is 44.2 Å². The summed E-state index contributed by atoms with van der Waals surface area (Å²) >= 11 is 3.37. The SMILES string of the molecule is NC(=O)c1cccc(N2CCN(CCCCNC(=O)c3ccc(Br)cc3)CC2)c1. The van der Waals surface area contributed by atoms with Crippen molar-refractivity contribution in [1.82, 2.24) is 10.2 Å². The molecule has 0 atom stereocenters. The summed E-state index contributed by atoms with van der Waals surface area (Å²) in [5, 5.41) is 2.98. The monoisotopic (exact) mass is 458 g/mol. The number of nitrogens with zero attached hydrogens (tertiary/aromatic N) is 2. The molecular weight excluding hydrogens is 432 g/mol. The highest BCUT2D eigenvalue weighted by Gasteiger charge is 2.17. The van der Waals surface area contributed by atoms with Crippen LogP contribution in [0.5, 0.6) is 0 Å². The third kappa shape index (κ3) is 6.30. The third-order valence-corrected chi connectivity index (χ3v) is 5.69. The quantitative estimate of drug-likeness (QED) is 0.596. The molecule has 0 unspecified atom stereocenters. The standard InChI is InChI=1S/C22H27BrN4O2/c23-19-8-6-17(7-9-19)22(29)25-10-1-2-11-26-12-14-27(15-13-26)20-5-3-4-18(16-20)21(24)28/h3-9,16H,1-2,10-15H2,(H2,24,28)(H,25,29). The summed E-state index contributed by atoms with van der Waals surface area (Å²) in [7, 11) is 0. The zero-order valence-electron chi connectivity index (χ0n) is 16.4. The first kappa shape index (κ1) is 21.3. The smallest absolute Gasteiger partial charge is 0.251 e. The number of amides is 2. The van der Waals surface area contributed by atoms with E-state index in [4.69, 9.17) is 5.73 Å². The van der Waals surface area contributed by atoms with Gasteiger partial charge in [0.05, 0.1) is 0 Å². The van der Waals surface area contributed by atoms with E-state index < -0.39 is 5.91 Å². The maximum absolute atomic E-state index is 12.1. The van der Waals surface area contributed by atoms with Crippen LogP contribution in [0.25, 0.3) is 0 Å². The highest BCUT2D eigenvalue weighted by Crippen LogP contribution is 2.18. The Bertz CT molecular complexity index is 833. The molecule has 0 aromatic heterocycles. The van der Waals surface area contributed by atoms with Gasteiger partial charge in [-0.05, 0) is 61.9 Å². The molecule has 2 aromatic carbocycles. The zero-order valence-corrected chi connectivity index (χ0v) is 18.0. The number of halogens is 1. The van der Waals surface area contributed by atoms with E-state index in [0.29, 0.717) is 17.7 Å². The number of nitrogens with two attached hydrogens (primary N) is 1. The number of carbonyl (C=O) groups is 2. The first-order chi connectivity index (χ1) is 14.0. The van der Waals surface area contributed by atoms with Crippen molar-refractivity contribution in [1.29, 1.82) is 0 Å². The van der Waals surface area contributed by atoms with Gasteiger partial charge >= 0.3 is 0 Å². The minimum atomic E-state index is -0.391. The molecule has 1 heterocycles. The number of piperazine rings is 1. The Morgan fingerprint density at radius 1 is 0.966 bits per heavy atom. The average molecular weight is 459 g/mol. The molecule has 2 amide bonds.